The monoisotopic (exact) mass is 128 g/mol. The van der Waals surface area contributed by atoms with E-state index in [1.165, 1.54) is 0 Å². The van der Waals surface area contributed by atoms with E-state index >= 15 is 0 Å². The largest absolute Gasteiger partial charge is 0.402 e. The molecule has 3 N–H and O–H groups in total. The highest BCUT2D eigenvalue weighted by Gasteiger charge is 2.17. The molecule has 0 aliphatic carbocycles. The highest BCUT2D eigenvalue weighted by Crippen LogP contribution is 2.18. The molecule has 0 heterocycles. The van der Waals surface area contributed by atoms with Gasteiger partial charge in [0, 0.05) is 17.7 Å². The van der Waals surface area contributed by atoms with E-state index in [2.05, 4.69) is 25.7 Å². The Balaban J connectivity index is 3.85. The van der Waals surface area contributed by atoms with Crippen molar-refractivity contribution in [3.05, 3.63) is 12.3 Å². The van der Waals surface area contributed by atoms with Gasteiger partial charge in [-0.15, -0.1) is 0 Å². The van der Waals surface area contributed by atoms with Gasteiger partial charge >= 0.3 is 0 Å². The van der Waals surface area contributed by atoms with Crippen LogP contribution in [0.4, 0.5) is 0 Å². The second-order valence-electron chi connectivity index (χ2n) is 2.94. The topological polar surface area (TPSA) is 38.0 Å². The number of hydrogen-bond donors (Lipinski definition) is 2. The molecular weight excluding hydrogens is 112 g/mol. The molecule has 0 spiro atoms. The summed E-state index contributed by atoms with van der Waals surface area (Å²) in [4.78, 5) is 0. The van der Waals surface area contributed by atoms with Crippen LogP contribution in [0.25, 0.3) is 0 Å². The van der Waals surface area contributed by atoms with Gasteiger partial charge in [0.15, 0.2) is 0 Å². The van der Waals surface area contributed by atoms with Gasteiger partial charge < -0.3 is 11.1 Å². The molecule has 0 aliphatic heterocycles. The van der Waals surface area contributed by atoms with E-state index in [9.17, 15) is 0 Å². The number of nitrogens with one attached hydrogen (secondary N) is 1. The molecule has 0 aromatic rings. The summed E-state index contributed by atoms with van der Waals surface area (Å²) in [6.45, 7) is 8.68. The summed E-state index contributed by atoms with van der Waals surface area (Å²) in [6, 6.07) is 0. The van der Waals surface area contributed by atoms with Crippen LogP contribution in [0, 0.1) is 5.41 Å². The third-order valence-electron chi connectivity index (χ3n) is 1.49. The van der Waals surface area contributed by atoms with Crippen LogP contribution in [0.15, 0.2) is 12.3 Å². The molecule has 0 unspecified atom stereocenters. The molecule has 0 saturated carbocycles. The lowest BCUT2D eigenvalue weighted by atomic mass is 9.90. The summed E-state index contributed by atoms with van der Waals surface area (Å²) in [5, 5.41) is 3.05. The third-order valence-corrected chi connectivity index (χ3v) is 1.49. The summed E-state index contributed by atoms with van der Waals surface area (Å²) in [5.74, 6) is 0. The Morgan fingerprint density at radius 1 is 1.67 bits per heavy atom. The minimum absolute atomic E-state index is 0.0226. The average Bonchev–Trinajstić information content (AvgIpc) is 1.65. The molecule has 9 heavy (non-hydrogen) atoms. The van der Waals surface area contributed by atoms with Crippen LogP contribution in [-0.2, 0) is 0 Å². The smallest absolute Gasteiger partial charge is 0.0161 e. The Morgan fingerprint density at radius 3 is 2.22 bits per heavy atom. The predicted octanol–water partition coefficient (Wildman–Crippen LogP) is 0.704. The van der Waals surface area contributed by atoms with Crippen molar-refractivity contribution < 1.29 is 0 Å². The zero-order chi connectivity index (χ0) is 7.49. The van der Waals surface area contributed by atoms with Crippen molar-refractivity contribution in [2.75, 3.05) is 13.6 Å². The van der Waals surface area contributed by atoms with Crippen molar-refractivity contribution in [3.63, 3.8) is 0 Å². The lowest BCUT2D eigenvalue weighted by Crippen LogP contribution is -2.31. The van der Waals surface area contributed by atoms with Crippen LogP contribution in [0.2, 0.25) is 0 Å². The van der Waals surface area contributed by atoms with Crippen LogP contribution in [-0.4, -0.2) is 13.6 Å². The maximum absolute atomic E-state index is 5.52. The highest BCUT2D eigenvalue weighted by atomic mass is 14.8. The minimum atomic E-state index is 0.0226. The summed E-state index contributed by atoms with van der Waals surface area (Å²) in [5.41, 5.74) is 6.28. The van der Waals surface area contributed by atoms with Gasteiger partial charge in [-0.3, -0.25) is 0 Å². The maximum Gasteiger partial charge on any atom is 0.0161 e. The fourth-order valence-corrected chi connectivity index (χ4v) is 0.555. The first kappa shape index (κ1) is 8.50. The van der Waals surface area contributed by atoms with Gasteiger partial charge in [0.2, 0.25) is 0 Å². The molecule has 0 fully saturated rings. The second kappa shape index (κ2) is 2.87. The first-order valence-electron chi connectivity index (χ1n) is 3.10. The van der Waals surface area contributed by atoms with Crippen molar-refractivity contribution in [2.45, 2.75) is 13.8 Å². The van der Waals surface area contributed by atoms with Crippen LogP contribution in [0.3, 0.4) is 0 Å². The van der Waals surface area contributed by atoms with E-state index in [4.69, 9.17) is 5.73 Å². The van der Waals surface area contributed by atoms with Crippen LogP contribution < -0.4 is 11.1 Å². The Bertz CT molecular complexity index is 105. The van der Waals surface area contributed by atoms with Crippen molar-refractivity contribution >= 4 is 0 Å². The molecule has 0 aliphatic rings. The Morgan fingerprint density at radius 2 is 2.11 bits per heavy atom. The molecule has 0 bridgehead atoms. The van der Waals surface area contributed by atoms with E-state index < -0.39 is 0 Å². The van der Waals surface area contributed by atoms with E-state index in [1.54, 1.807) is 0 Å². The van der Waals surface area contributed by atoms with Crippen LogP contribution >= 0.6 is 0 Å². The van der Waals surface area contributed by atoms with Crippen LogP contribution in [0.5, 0.6) is 0 Å². The molecule has 0 amide bonds. The second-order valence-corrected chi connectivity index (χ2v) is 2.94. The number of nitrogens with two attached hydrogens (primary N) is 1. The average molecular weight is 128 g/mol. The maximum atomic E-state index is 5.52. The van der Waals surface area contributed by atoms with Crippen molar-refractivity contribution in [1.29, 1.82) is 0 Å². The SMILES string of the molecule is C=C(N)C(C)(C)CNC. The molecular formula is C7H16N2. The van der Waals surface area contributed by atoms with Crippen LogP contribution in [0.1, 0.15) is 13.8 Å². The Kier molecular flexibility index (Phi) is 2.71. The molecule has 0 radical (unpaired) electrons. The standard InChI is InChI=1S/C7H16N2/c1-6(8)7(2,3)5-9-4/h9H,1,5,8H2,2-4H3. The number of rotatable bonds is 3. The molecule has 54 valence electrons. The predicted molar refractivity (Wildman–Crippen MR) is 41.0 cm³/mol. The molecule has 0 saturated heterocycles. The summed E-state index contributed by atoms with van der Waals surface area (Å²) in [7, 11) is 1.91. The van der Waals surface area contributed by atoms with E-state index in [-0.39, 0.29) is 5.41 Å². The van der Waals surface area contributed by atoms with Gasteiger partial charge in [-0.05, 0) is 7.05 Å². The van der Waals surface area contributed by atoms with E-state index in [0.29, 0.717) is 0 Å². The Hall–Kier alpha value is -0.500. The summed E-state index contributed by atoms with van der Waals surface area (Å²) in [6.07, 6.45) is 0. The quantitative estimate of drug-likeness (QED) is 0.587. The van der Waals surface area contributed by atoms with Gasteiger partial charge in [0.25, 0.3) is 0 Å². The first-order chi connectivity index (χ1) is 4.00. The summed E-state index contributed by atoms with van der Waals surface area (Å²) < 4.78 is 0. The van der Waals surface area contributed by atoms with Gasteiger partial charge in [0.1, 0.15) is 0 Å². The van der Waals surface area contributed by atoms with Gasteiger partial charge in [-0.2, -0.15) is 0 Å². The zero-order valence-electron chi connectivity index (χ0n) is 6.49. The van der Waals surface area contributed by atoms with Crippen molar-refractivity contribution in [2.24, 2.45) is 11.1 Å². The van der Waals surface area contributed by atoms with Gasteiger partial charge in [-0.1, -0.05) is 20.4 Å². The molecule has 2 heteroatoms. The number of hydrogen-bond acceptors (Lipinski definition) is 2. The first-order valence-corrected chi connectivity index (χ1v) is 3.10. The van der Waals surface area contributed by atoms with E-state index in [1.807, 2.05) is 7.05 Å². The third kappa shape index (κ3) is 2.51. The molecule has 0 aromatic carbocycles. The fourth-order valence-electron chi connectivity index (χ4n) is 0.555. The molecule has 0 aromatic heterocycles. The van der Waals surface area contributed by atoms with Gasteiger partial charge in [0.05, 0.1) is 0 Å². The van der Waals surface area contributed by atoms with E-state index in [0.717, 1.165) is 12.2 Å². The zero-order valence-corrected chi connectivity index (χ0v) is 6.49. The Labute approximate surface area is 57.1 Å². The van der Waals surface area contributed by atoms with Gasteiger partial charge in [-0.25, -0.2) is 0 Å². The fraction of sp³-hybridized carbons (Fsp3) is 0.714. The summed E-state index contributed by atoms with van der Waals surface area (Å²) >= 11 is 0. The lowest BCUT2D eigenvalue weighted by molar-refractivity contribution is 0.421. The van der Waals surface area contributed by atoms with Crippen molar-refractivity contribution in [1.82, 2.24) is 5.32 Å². The molecule has 2 nitrogen and oxygen atoms in total. The molecule has 0 rings (SSSR count). The normalized spacial score (nSPS) is 11.4. The van der Waals surface area contributed by atoms with Crippen molar-refractivity contribution in [3.8, 4) is 0 Å². The highest BCUT2D eigenvalue weighted by molar-refractivity contribution is 5.02. The molecule has 0 atom stereocenters. The minimum Gasteiger partial charge on any atom is -0.402 e. The lowest BCUT2D eigenvalue weighted by Gasteiger charge is -2.23.